The molecule has 5 nitrogen and oxygen atoms in total. The summed E-state index contributed by atoms with van der Waals surface area (Å²) in [5.41, 5.74) is 0.978. The van der Waals surface area contributed by atoms with Gasteiger partial charge < -0.3 is 9.80 Å². The molecule has 0 bridgehead atoms. The van der Waals surface area contributed by atoms with E-state index in [1.807, 2.05) is 46.8 Å². The van der Waals surface area contributed by atoms with Crippen molar-refractivity contribution < 1.29 is 4.79 Å². The lowest BCUT2D eigenvalue weighted by molar-refractivity contribution is -0.126. The van der Waals surface area contributed by atoms with Crippen LogP contribution in [0, 0.1) is 0 Å². The predicted molar refractivity (Wildman–Crippen MR) is 99.6 cm³/mol. The lowest BCUT2D eigenvalue weighted by Gasteiger charge is -2.34. The summed E-state index contributed by atoms with van der Waals surface area (Å²) >= 11 is 3.24. The number of hydrogen-bond acceptors (Lipinski definition) is 6. The number of aromatic nitrogens is 2. The van der Waals surface area contributed by atoms with Crippen LogP contribution in [0.15, 0.2) is 41.9 Å². The number of piperazine rings is 1. The van der Waals surface area contributed by atoms with E-state index in [0.717, 1.165) is 46.5 Å². The van der Waals surface area contributed by atoms with Gasteiger partial charge in [0.25, 0.3) is 0 Å². The van der Waals surface area contributed by atoms with E-state index in [2.05, 4.69) is 14.9 Å². The number of hydrogen-bond donors (Lipinski definition) is 0. The van der Waals surface area contributed by atoms with Crippen molar-refractivity contribution in [1.29, 1.82) is 0 Å². The van der Waals surface area contributed by atoms with Crippen LogP contribution in [0.1, 0.15) is 5.01 Å². The zero-order chi connectivity index (χ0) is 16.4. The van der Waals surface area contributed by atoms with Gasteiger partial charge in [-0.2, -0.15) is 0 Å². The molecule has 0 spiro atoms. The molecule has 3 heterocycles. The van der Waals surface area contributed by atoms with Gasteiger partial charge in [-0.15, -0.1) is 22.7 Å². The second-order valence-electron chi connectivity index (χ2n) is 5.48. The fourth-order valence-electron chi connectivity index (χ4n) is 2.70. The van der Waals surface area contributed by atoms with Crippen molar-refractivity contribution >= 4 is 50.0 Å². The van der Waals surface area contributed by atoms with Crippen molar-refractivity contribution in [1.82, 2.24) is 14.9 Å². The van der Waals surface area contributed by atoms with Crippen LogP contribution in [0.5, 0.6) is 0 Å². The van der Waals surface area contributed by atoms with Gasteiger partial charge in [0.15, 0.2) is 5.13 Å². The molecule has 1 aliphatic rings. The Hall–Kier alpha value is -2.25. The third kappa shape index (κ3) is 3.18. The van der Waals surface area contributed by atoms with Gasteiger partial charge in [-0.05, 0) is 18.2 Å². The minimum Gasteiger partial charge on any atom is -0.345 e. The standard InChI is InChI=1S/C17H16N4OS2/c22-16(6-5-15-19-13-3-1-2-4-14(13)24-15)20-8-10-21(11-9-20)17-18-7-12-23-17/h1-7,12H,8-11H2/b6-5+. The summed E-state index contributed by atoms with van der Waals surface area (Å²) in [6.45, 7) is 3.10. The summed E-state index contributed by atoms with van der Waals surface area (Å²) in [5.74, 6) is 0.0491. The summed E-state index contributed by atoms with van der Waals surface area (Å²) in [6.07, 6.45) is 5.27. The van der Waals surface area contributed by atoms with Crippen LogP contribution in [-0.4, -0.2) is 47.0 Å². The number of nitrogens with zero attached hydrogens (tertiary/aromatic N) is 4. The summed E-state index contributed by atoms with van der Waals surface area (Å²) in [7, 11) is 0. The summed E-state index contributed by atoms with van der Waals surface area (Å²) in [4.78, 5) is 25.3. The first-order valence-corrected chi connectivity index (χ1v) is 9.46. The molecule has 24 heavy (non-hydrogen) atoms. The molecule has 1 saturated heterocycles. The minimum absolute atomic E-state index is 0.0491. The van der Waals surface area contributed by atoms with Crippen LogP contribution in [-0.2, 0) is 4.79 Å². The highest BCUT2D eigenvalue weighted by Gasteiger charge is 2.20. The van der Waals surface area contributed by atoms with Crippen LogP contribution in [0.4, 0.5) is 5.13 Å². The van der Waals surface area contributed by atoms with Crippen LogP contribution >= 0.6 is 22.7 Å². The molecule has 0 unspecified atom stereocenters. The maximum absolute atomic E-state index is 12.4. The number of para-hydroxylation sites is 1. The van der Waals surface area contributed by atoms with Crippen molar-refractivity contribution in [2.45, 2.75) is 0 Å². The van der Waals surface area contributed by atoms with Crippen LogP contribution < -0.4 is 4.90 Å². The summed E-state index contributed by atoms with van der Waals surface area (Å²) in [6, 6.07) is 8.01. The van der Waals surface area contributed by atoms with Crippen LogP contribution in [0.2, 0.25) is 0 Å². The second kappa shape index (κ2) is 6.70. The highest BCUT2D eigenvalue weighted by molar-refractivity contribution is 7.19. The SMILES string of the molecule is O=C(/C=C/c1nc2ccccc2s1)N1CCN(c2nccs2)CC1. The van der Waals surface area contributed by atoms with E-state index in [9.17, 15) is 4.79 Å². The Morgan fingerprint density at radius 3 is 2.75 bits per heavy atom. The van der Waals surface area contributed by atoms with E-state index in [0.29, 0.717) is 0 Å². The number of carbonyl (C=O) groups is 1. The van der Waals surface area contributed by atoms with E-state index in [-0.39, 0.29) is 5.91 Å². The van der Waals surface area contributed by atoms with Crippen molar-refractivity contribution in [2.24, 2.45) is 0 Å². The van der Waals surface area contributed by atoms with Gasteiger partial charge >= 0.3 is 0 Å². The normalized spacial score (nSPS) is 15.5. The lowest BCUT2D eigenvalue weighted by Crippen LogP contribution is -2.48. The van der Waals surface area contributed by atoms with E-state index in [1.54, 1.807) is 28.7 Å². The molecule has 1 aliphatic heterocycles. The maximum Gasteiger partial charge on any atom is 0.246 e. The third-order valence-electron chi connectivity index (χ3n) is 3.96. The number of fused-ring (bicyclic) bond motifs is 1. The molecule has 1 aromatic carbocycles. The summed E-state index contributed by atoms with van der Waals surface area (Å²) < 4.78 is 1.14. The van der Waals surface area contributed by atoms with Gasteiger partial charge in [-0.3, -0.25) is 4.79 Å². The van der Waals surface area contributed by atoms with Gasteiger partial charge in [-0.1, -0.05) is 12.1 Å². The lowest BCUT2D eigenvalue weighted by atomic mass is 10.3. The number of thiazole rings is 2. The fraction of sp³-hybridized carbons (Fsp3) is 0.235. The quantitative estimate of drug-likeness (QED) is 0.677. The Bertz CT molecular complexity index is 831. The van der Waals surface area contributed by atoms with Crippen LogP contribution in [0.3, 0.4) is 0 Å². The zero-order valence-electron chi connectivity index (χ0n) is 13.0. The van der Waals surface area contributed by atoms with E-state index >= 15 is 0 Å². The monoisotopic (exact) mass is 356 g/mol. The smallest absolute Gasteiger partial charge is 0.246 e. The number of rotatable bonds is 3. The van der Waals surface area contributed by atoms with Crippen molar-refractivity contribution in [3.63, 3.8) is 0 Å². The average molecular weight is 356 g/mol. The zero-order valence-corrected chi connectivity index (χ0v) is 14.6. The average Bonchev–Trinajstić information content (AvgIpc) is 3.29. The number of amides is 1. The molecular formula is C17H16N4OS2. The topological polar surface area (TPSA) is 49.3 Å². The van der Waals surface area contributed by atoms with Gasteiger partial charge in [0.1, 0.15) is 5.01 Å². The largest absolute Gasteiger partial charge is 0.345 e. The predicted octanol–water partition coefficient (Wildman–Crippen LogP) is 3.11. The Kier molecular flexibility index (Phi) is 4.27. The summed E-state index contributed by atoms with van der Waals surface area (Å²) in [5, 5.41) is 3.88. The third-order valence-corrected chi connectivity index (χ3v) is 5.79. The first-order valence-electron chi connectivity index (χ1n) is 7.76. The molecule has 1 fully saturated rings. The van der Waals surface area contributed by atoms with Gasteiger partial charge in [0, 0.05) is 43.8 Å². The first kappa shape index (κ1) is 15.3. The van der Waals surface area contributed by atoms with Crippen molar-refractivity contribution in [3.8, 4) is 0 Å². The molecule has 4 rings (SSSR count). The van der Waals surface area contributed by atoms with Gasteiger partial charge in [0.05, 0.1) is 10.2 Å². The Labute approximate surface area is 147 Å². The molecule has 0 atom stereocenters. The number of carbonyl (C=O) groups excluding carboxylic acids is 1. The molecule has 0 radical (unpaired) electrons. The van der Waals surface area contributed by atoms with E-state index in [1.165, 1.54) is 0 Å². The van der Waals surface area contributed by atoms with E-state index < -0.39 is 0 Å². The maximum atomic E-state index is 12.4. The fourth-order valence-corrected chi connectivity index (χ4v) is 4.27. The Morgan fingerprint density at radius 1 is 1.17 bits per heavy atom. The molecule has 1 amide bonds. The molecule has 7 heteroatoms. The highest BCUT2D eigenvalue weighted by atomic mass is 32.1. The van der Waals surface area contributed by atoms with Gasteiger partial charge in [-0.25, -0.2) is 9.97 Å². The van der Waals surface area contributed by atoms with Crippen molar-refractivity contribution in [2.75, 3.05) is 31.1 Å². The van der Waals surface area contributed by atoms with Crippen molar-refractivity contribution in [3.05, 3.63) is 46.9 Å². The van der Waals surface area contributed by atoms with E-state index in [4.69, 9.17) is 0 Å². The Morgan fingerprint density at radius 2 is 2.00 bits per heavy atom. The van der Waals surface area contributed by atoms with Gasteiger partial charge in [0.2, 0.25) is 5.91 Å². The molecule has 0 aliphatic carbocycles. The molecule has 122 valence electrons. The number of anilines is 1. The van der Waals surface area contributed by atoms with Crippen LogP contribution in [0.25, 0.3) is 16.3 Å². The molecule has 3 aromatic rings. The second-order valence-corrected chi connectivity index (χ2v) is 7.42. The molecule has 0 N–H and O–H groups in total. The molecular weight excluding hydrogens is 340 g/mol. The molecule has 2 aromatic heterocycles. The first-order chi connectivity index (χ1) is 11.8. The minimum atomic E-state index is 0.0491. The number of benzene rings is 1. The molecule has 0 saturated carbocycles. The Balaban J connectivity index is 1.38. The highest BCUT2D eigenvalue weighted by Crippen LogP contribution is 2.23.